The van der Waals surface area contributed by atoms with Crippen molar-refractivity contribution in [2.75, 3.05) is 31.1 Å². The standard InChI is InChI=1S/C14H17F3N2OS/c15-14(16,17)13(11-4-2-1-3-5-11)18-10-12(20)19-6-8-21-9-7-19/h1-5,13,18H,6-10H2. The summed E-state index contributed by atoms with van der Waals surface area (Å²) < 4.78 is 39.3. The molecule has 21 heavy (non-hydrogen) atoms. The van der Waals surface area contributed by atoms with Gasteiger partial charge in [0, 0.05) is 24.6 Å². The van der Waals surface area contributed by atoms with Crippen molar-refractivity contribution < 1.29 is 18.0 Å². The second kappa shape index (κ2) is 7.17. The van der Waals surface area contributed by atoms with Crippen molar-refractivity contribution in [3.63, 3.8) is 0 Å². The number of hydrogen-bond acceptors (Lipinski definition) is 3. The Hall–Kier alpha value is -1.21. The van der Waals surface area contributed by atoms with E-state index in [4.69, 9.17) is 0 Å². The van der Waals surface area contributed by atoms with Crippen molar-refractivity contribution >= 4 is 17.7 Å². The van der Waals surface area contributed by atoms with Crippen LogP contribution in [0.4, 0.5) is 13.2 Å². The van der Waals surface area contributed by atoms with Crippen LogP contribution >= 0.6 is 11.8 Å². The first-order valence-corrected chi connectivity index (χ1v) is 7.84. The third kappa shape index (κ3) is 4.64. The molecule has 7 heteroatoms. The van der Waals surface area contributed by atoms with Crippen LogP contribution in [0.25, 0.3) is 0 Å². The highest BCUT2D eigenvalue weighted by Crippen LogP contribution is 2.32. The Labute approximate surface area is 125 Å². The van der Waals surface area contributed by atoms with E-state index in [0.717, 1.165) is 11.5 Å². The van der Waals surface area contributed by atoms with Gasteiger partial charge in [0.15, 0.2) is 0 Å². The molecule has 1 heterocycles. The van der Waals surface area contributed by atoms with Crippen LogP contribution < -0.4 is 5.32 Å². The van der Waals surface area contributed by atoms with Gasteiger partial charge in [0.25, 0.3) is 0 Å². The molecule has 0 aliphatic carbocycles. The lowest BCUT2D eigenvalue weighted by atomic mass is 10.1. The minimum atomic E-state index is -4.43. The number of rotatable bonds is 4. The number of nitrogens with one attached hydrogen (secondary N) is 1. The number of amides is 1. The molecule has 1 aliphatic heterocycles. The molecule has 1 fully saturated rings. The Morgan fingerprint density at radius 2 is 1.86 bits per heavy atom. The third-order valence-corrected chi connectivity index (χ3v) is 4.22. The monoisotopic (exact) mass is 318 g/mol. The summed E-state index contributed by atoms with van der Waals surface area (Å²) in [6.07, 6.45) is -4.43. The second-order valence-corrected chi connectivity index (χ2v) is 5.98. The number of nitrogens with zero attached hydrogens (tertiary/aromatic N) is 1. The zero-order valence-corrected chi connectivity index (χ0v) is 12.2. The number of alkyl halides is 3. The molecule has 1 aliphatic rings. The van der Waals surface area contributed by atoms with Gasteiger partial charge in [-0.05, 0) is 5.56 Å². The van der Waals surface area contributed by atoms with Gasteiger partial charge in [-0.2, -0.15) is 24.9 Å². The lowest BCUT2D eigenvalue weighted by Crippen LogP contribution is -2.45. The SMILES string of the molecule is O=C(CNC(c1ccccc1)C(F)(F)F)N1CCSCC1. The smallest absolute Gasteiger partial charge is 0.340 e. The van der Waals surface area contributed by atoms with Crippen molar-refractivity contribution in [1.82, 2.24) is 10.2 Å². The largest absolute Gasteiger partial charge is 0.407 e. The van der Waals surface area contributed by atoms with Crippen molar-refractivity contribution in [2.45, 2.75) is 12.2 Å². The predicted octanol–water partition coefficient (Wildman–Crippen LogP) is 2.46. The van der Waals surface area contributed by atoms with Crippen LogP contribution in [0.2, 0.25) is 0 Å². The van der Waals surface area contributed by atoms with E-state index in [9.17, 15) is 18.0 Å². The zero-order chi connectivity index (χ0) is 15.3. The number of benzene rings is 1. The topological polar surface area (TPSA) is 32.3 Å². The first-order chi connectivity index (χ1) is 9.98. The molecule has 116 valence electrons. The molecule has 1 unspecified atom stereocenters. The minimum Gasteiger partial charge on any atom is -0.340 e. The van der Waals surface area contributed by atoms with E-state index in [2.05, 4.69) is 5.32 Å². The predicted molar refractivity (Wildman–Crippen MR) is 77.1 cm³/mol. The molecule has 1 N–H and O–H groups in total. The molecular weight excluding hydrogens is 301 g/mol. The molecule has 1 aromatic rings. The quantitative estimate of drug-likeness (QED) is 0.925. The van der Waals surface area contributed by atoms with Gasteiger partial charge in [0.1, 0.15) is 6.04 Å². The average molecular weight is 318 g/mol. The van der Waals surface area contributed by atoms with E-state index >= 15 is 0 Å². The lowest BCUT2D eigenvalue weighted by Gasteiger charge is -2.28. The normalized spacial score (nSPS) is 17.6. The Bertz CT molecular complexity index is 461. The Kier molecular flexibility index (Phi) is 5.52. The fourth-order valence-corrected chi connectivity index (χ4v) is 3.09. The summed E-state index contributed by atoms with van der Waals surface area (Å²) >= 11 is 1.75. The molecule has 1 saturated heterocycles. The Morgan fingerprint density at radius 1 is 1.24 bits per heavy atom. The molecule has 3 nitrogen and oxygen atoms in total. The number of carbonyl (C=O) groups excluding carboxylic acids is 1. The highest BCUT2D eigenvalue weighted by molar-refractivity contribution is 7.99. The number of thioether (sulfide) groups is 1. The van der Waals surface area contributed by atoms with Gasteiger partial charge in [-0.25, -0.2) is 0 Å². The van der Waals surface area contributed by atoms with Crippen LogP contribution in [0.15, 0.2) is 30.3 Å². The molecule has 0 saturated carbocycles. The van der Waals surface area contributed by atoms with E-state index in [1.54, 1.807) is 34.9 Å². The molecule has 0 radical (unpaired) electrons. The molecule has 2 rings (SSSR count). The molecule has 1 aromatic carbocycles. The maximum Gasteiger partial charge on any atom is 0.407 e. The van der Waals surface area contributed by atoms with E-state index in [0.29, 0.717) is 13.1 Å². The second-order valence-electron chi connectivity index (χ2n) is 4.76. The molecule has 0 bridgehead atoms. The van der Waals surface area contributed by atoms with Crippen molar-refractivity contribution in [1.29, 1.82) is 0 Å². The first kappa shape index (κ1) is 16.2. The Balaban J connectivity index is 1.98. The Morgan fingerprint density at radius 3 is 2.43 bits per heavy atom. The first-order valence-electron chi connectivity index (χ1n) is 6.69. The zero-order valence-electron chi connectivity index (χ0n) is 11.4. The fraction of sp³-hybridized carbons (Fsp3) is 0.500. The van der Waals surface area contributed by atoms with Crippen LogP contribution in [-0.2, 0) is 4.79 Å². The minimum absolute atomic E-state index is 0.118. The average Bonchev–Trinajstić information content (AvgIpc) is 2.48. The summed E-state index contributed by atoms with van der Waals surface area (Å²) in [6, 6.07) is 5.77. The van der Waals surface area contributed by atoms with Crippen LogP contribution in [0.3, 0.4) is 0 Å². The third-order valence-electron chi connectivity index (χ3n) is 3.28. The summed E-state index contributed by atoms with van der Waals surface area (Å²) in [5.41, 5.74) is 0.118. The summed E-state index contributed by atoms with van der Waals surface area (Å²) in [7, 11) is 0. The molecule has 1 amide bonds. The molecular formula is C14H17F3N2OS. The summed E-state index contributed by atoms with van der Waals surface area (Å²) in [5.74, 6) is 1.40. The highest BCUT2D eigenvalue weighted by atomic mass is 32.2. The summed E-state index contributed by atoms with van der Waals surface area (Å²) in [5, 5.41) is 2.35. The van der Waals surface area contributed by atoms with Crippen molar-refractivity contribution in [3.8, 4) is 0 Å². The highest BCUT2D eigenvalue weighted by Gasteiger charge is 2.40. The van der Waals surface area contributed by atoms with E-state index < -0.39 is 12.2 Å². The van der Waals surface area contributed by atoms with Crippen LogP contribution in [0.5, 0.6) is 0 Å². The number of hydrogen-bond donors (Lipinski definition) is 1. The van der Waals surface area contributed by atoms with Crippen LogP contribution in [0, 0.1) is 0 Å². The van der Waals surface area contributed by atoms with E-state index in [1.807, 2.05) is 0 Å². The van der Waals surface area contributed by atoms with Crippen molar-refractivity contribution in [2.24, 2.45) is 0 Å². The molecule has 0 spiro atoms. The van der Waals surface area contributed by atoms with Gasteiger partial charge in [0.2, 0.25) is 5.91 Å². The summed E-state index contributed by atoms with van der Waals surface area (Å²) in [4.78, 5) is 13.6. The molecule has 0 aromatic heterocycles. The number of halogens is 3. The fourth-order valence-electron chi connectivity index (χ4n) is 2.18. The summed E-state index contributed by atoms with van der Waals surface area (Å²) in [6.45, 7) is 0.907. The van der Waals surface area contributed by atoms with Gasteiger partial charge in [0.05, 0.1) is 6.54 Å². The van der Waals surface area contributed by atoms with Gasteiger partial charge in [-0.15, -0.1) is 0 Å². The van der Waals surface area contributed by atoms with Gasteiger partial charge < -0.3 is 4.90 Å². The number of carbonyl (C=O) groups is 1. The lowest BCUT2D eigenvalue weighted by molar-refractivity contribution is -0.159. The molecule has 1 atom stereocenters. The van der Waals surface area contributed by atoms with Gasteiger partial charge in [-0.3, -0.25) is 10.1 Å². The van der Waals surface area contributed by atoms with Crippen LogP contribution in [-0.4, -0.2) is 48.1 Å². The van der Waals surface area contributed by atoms with Crippen LogP contribution in [0.1, 0.15) is 11.6 Å². The van der Waals surface area contributed by atoms with E-state index in [-0.39, 0.29) is 18.0 Å². The van der Waals surface area contributed by atoms with E-state index in [1.165, 1.54) is 12.1 Å². The van der Waals surface area contributed by atoms with Gasteiger partial charge in [-0.1, -0.05) is 30.3 Å². The maximum atomic E-state index is 13.1. The maximum absolute atomic E-state index is 13.1. The van der Waals surface area contributed by atoms with Crippen molar-refractivity contribution in [3.05, 3.63) is 35.9 Å². The van der Waals surface area contributed by atoms with Gasteiger partial charge >= 0.3 is 6.18 Å².